The van der Waals surface area contributed by atoms with Crippen LogP contribution in [0.15, 0.2) is 0 Å². The van der Waals surface area contributed by atoms with Gasteiger partial charge < -0.3 is 5.32 Å². The summed E-state index contributed by atoms with van der Waals surface area (Å²) in [6, 6.07) is 1.56. The van der Waals surface area contributed by atoms with Crippen molar-refractivity contribution in [2.24, 2.45) is 0 Å². The predicted molar refractivity (Wildman–Crippen MR) is 60.2 cm³/mol. The van der Waals surface area contributed by atoms with Crippen molar-refractivity contribution in [2.45, 2.75) is 52.2 Å². The monoisotopic (exact) mass is 211 g/mol. The number of nitriles is 1. The minimum Gasteiger partial charge on any atom is -0.350 e. The van der Waals surface area contributed by atoms with Crippen molar-refractivity contribution in [1.82, 2.24) is 10.2 Å². The smallest absolute Gasteiger partial charge is 0.237 e. The third kappa shape index (κ3) is 4.80. The topological polar surface area (TPSA) is 56.1 Å². The molecular weight excluding hydrogens is 190 g/mol. The van der Waals surface area contributed by atoms with Crippen molar-refractivity contribution in [1.29, 1.82) is 5.26 Å². The molecule has 4 heteroatoms. The molecule has 0 spiro atoms. The van der Waals surface area contributed by atoms with Gasteiger partial charge in [0.15, 0.2) is 0 Å². The number of likely N-dealkylation sites (N-methyl/N-ethyl adjacent to an activating group) is 1. The van der Waals surface area contributed by atoms with Gasteiger partial charge in [-0.25, -0.2) is 0 Å². The van der Waals surface area contributed by atoms with Gasteiger partial charge in [0.1, 0.15) is 0 Å². The van der Waals surface area contributed by atoms with Crippen LogP contribution in [0.1, 0.15) is 34.6 Å². The molecule has 0 radical (unpaired) electrons. The molecule has 0 heterocycles. The molecule has 0 aliphatic carbocycles. The lowest BCUT2D eigenvalue weighted by atomic mass is 10.1. The van der Waals surface area contributed by atoms with E-state index in [1.54, 1.807) is 25.8 Å². The van der Waals surface area contributed by atoms with Crippen molar-refractivity contribution in [2.75, 3.05) is 7.05 Å². The van der Waals surface area contributed by atoms with Crippen LogP contribution in [0, 0.1) is 11.3 Å². The molecule has 4 nitrogen and oxygen atoms in total. The summed E-state index contributed by atoms with van der Waals surface area (Å²) in [4.78, 5) is 13.5. The molecule has 2 unspecified atom stereocenters. The van der Waals surface area contributed by atoms with Gasteiger partial charge in [-0.1, -0.05) is 0 Å². The molecule has 0 fully saturated rings. The second-order valence-electron chi connectivity index (χ2n) is 4.89. The Bertz CT molecular complexity index is 262. The van der Waals surface area contributed by atoms with Gasteiger partial charge in [0.2, 0.25) is 5.91 Å². The number of rotatable bonds is 3. The molecule has 0 rings (SSSR count). The Balaban J connectivity index is 4.40. The van der Waals surface area contributed by atoms with E-state index < -0.39 is 0 Å². The van der Waals surface area contributed by atoms with Crippen LogP contribution in [0.5, 0.6) is 0 Å². The van der Waals surface area contributed by atoms with E-state index in [2.05, 4.69) is 11.4 Å². The number of carbonyl (C=O) groups is 1. The zero-order valence-corrected chi connectivity index (χ0v) is 10.5. The van der Waals surface area contributed by atoms with Gasteiger partial charge in [-0.3, -0.25) is 9.69 Å². The first kappa shape index (κ1) is 13.9. The van der Waals surface area contributed by atoms with E-state index in [1.165, 1.54) is 0 Å². The highest BCUT2D eigenvalue weighted by molar-refractivity contribution is 5.82. The SMILES string of the molecule is CC(C#N)N(C)C(C)C(=O)NC(C)(C)C. The van der Waals surface area contributed by atoms with Crippen LogP contribution in [-0.4, -0.2) is 35.5 Å². The first-order chi connectivity index (χ1) is 6.69. The largest absolute Gasteiger partial charge is 0.350 e. The maximum atomic E-state index is 11.8. The van der Waals surface area contributed by atoms with Crippen molar-refractivity contribution in [3.05, 3.63) is 0 Å². The summed E-state index contributed by atoms with van der Waals surface area (Å²) < 4.78 is 0. The van der Waals surface area contributed by atoms with E-state index in [0.717, 1.165) is 0 Å². The fourth-order valence-corrected chi connectivity index (χ4v) is 1.09. The summed E-state index contributed by atoms with van der Waals surface area (Å²) in [6.07, 6.45) is 0. The fraction of sp³-hybridized carbons (Fsp3) is 0.818. The predicted octanol–water partition coefficient (Wildman–Crippen LogP) is 1.13. The summed E-state index contributed by atoms with van der Waals surface area (Å²) in [5.74, 6) is -0.0490. The molecule has 0 saturated heterocycles. The zero-order valence-electron chi connectivity index (χ0n) is 10.5. The molecule has 2 atom stereocenters. The van der Waals surface area contributed by atoms with Crippen LogP contribution in [0.2, 0.25) is 0 Å². The third-order valence-corrected chi connectivity index (χ3v) is 2.29. The number of amides is 1. The lowest BCUT2D eigenvalue weighted by Crippen LogP contribution is -2.51. The Morgan fingerprint density at radius 1 is 1.40 bits per heavy atom. The summed E-state index contributed by atoms with van der Waals surface area (Å²) in [5, 5.41) is 11.6. The van der Waals surface area contributed by atoms with E-state index in [1.807, 2.05) is 20.8 Å². The molecule has 0 aliphatic rings. The van der Waals surface area contributed by atoms with Crippen LogP contribution < -0.4 is 5.32 Å². The van der Waals surface area contributed by atoms with Crippen LogP contribution >= 0.6 is 0 Å². The summed E-state index contributed by atoms with van der Waals surface area (Å²) in [5.41, 5.74) is -0.234. The van der Waals surface area contributed by atoms with Crippen molar-refractivity contribution in [3.8, 4) is 6.07 Å². The molecule has 1 N–H and O–H groups in total. The molecule has 0 bridgehead atoms. The first-order valence-electron chi connectivity index (χ1n) is 5.12. The standard InChI is InChI=1S/C11H21N3O/c1-8(7-12)14(6)9(2)10(15)13-11(3,4)5/h8-9H,1-6H3,(H,13,15). The van der Waals surface area contributed by atoms with Gasteiger partial charge in [-0.15, -0.1) is 0 Å². The minimum atomic E-state index is -0.293. The lowest BCUT2D eigenvalue weighted by molar-refractivity contribution is -0.127. The van der Waals surface area contributed by atoms with Gasteiger partial charge in [0, 0.05) is 5.54 Å². The number of nitrogens with one attached hydrogen (secondary N) is 1. The fourth-order valence-electron chi connectivity index (χ4n) is 1.09. The lowest BCUT2D eigenvalue weighted by Gasteiger charge is -2.29. The van der Waals surface area contributed by atoms with E-state index >= 15 is 0 Å². The Labute approximate surface area is 92.3 Å². The molecular formula is C11H21N3O. The molecule has 1 amide bonds. The van der Waals surface area contributed by atoms with E-state index in [4.69, 9.17) is 5.26 Å². The zero-order chi connectivity index (χ0) is 12.2. The molecule has 0 aliphatic heterocycles. The van der Waals surface area contributed by atoms with E-state index in [9.17, 15) is 4.79 Å². The molecule has 86 valence electrons. The number of hydrogen-bond donors (Lipinski definition) is 1. The molecule has 0 aromatic heterocycles. The first-order valence-corrected chi connectivity index (χ1v) is 5.12. The van der Waals surface area contributed by atoms with Gasteiger partial charge >= 0.3 is 0 Å². The normalized spacial score (nSPS) is 15.6. The van der Waals surface area contributed by atoms with E-state index in [-0.39, 0.29) is 23.5 Å². The van der Waals surface area contributed by atoms with E-state index in [0.29, 0.717) is 0 Å². The van der Waals surface area contributed by atoms with Gasteiger partial charge in [-0.2, -0.15) is 5.26 Å². The quantitative estimate of drug-likeness (QED) is 0.761. The van der Waals surface area contributed by atoms with Crippen molar-refractivity contribution >= 4 is 5.91 Å². The van der Waals surface area contributed by atoms with Gasteiger partial charge in [0.05, 0.1) is 18.2 Å². The van der Waals surface area contributed by atoms with Crippen LogP contribution in [0.25, 0.3) is 0 Å². The Morgan fingerprint density at radius 2 is 1.87 bits per heavy atom. The number of nitrogens with zero attached hydrogens (tertiary/aromatic N) is 2. The molecule has 15 heavy (non-hydrogen) atoms. The Kier molecular flexibility index (Phi) is 4.76. The third-order valence-electron chi connectivity index (χ3n) is 2.29. The van der Waals surface area contributed by atoms with Crippen molar-refractivity contribution in [3.63, 3.8) is 0 Å². The average Bonchev–Trinajstić information content (AvgIpc) is 2.11. The average molecular weight is 211 g/mol. The maximum Gasteiger partial charge on any atom is 0.237 e. The van der Waals surface area contributed by atoms with Crippen LogP contribution in [0.4, 0.5) is 0 Å². The minimum absolute atomic E-state index is 0.0490. The summed E-state index contributed by atoms with van der Waals surface area (Å²) in [7, 11) is 1.78. The molecule has 0 saturated carbocycles. The Morgan fingerprint density at radius 3 is 2.20 bits per heavy atom. The second-order valence-corrected chi connectivity index (χ2v) is 4.89. The molecule has 0 aromatic carbocycles. The highest BCUT2D eigenvalue weighted by atomic mass is 16.2. The van der Waals surface area contributed by atoms with Gasteiger partial charge in [-0.05, 0) is 41.7 Å². The van der Waals surface area contributed by atoms with Crippen LogP contribution in [-0.2, 0) is 4.79 Å². The number of carbonyl (C=O) groups excluding carboxylic acids is 1. The van der Waals surface area contributed by atoms with Crippen LogP contribution in [0.3, 0.4) is 0 Å². The Hall–Kier alpha value is -1.08. The van der Waals surface area contributed by atoms with Gasteiger partial charge in [0.25, 0.3) is 0 Å². The summed E-state index contributed by atoms with van der Waals surface area (Å²) >= 11 is 0. The second kappa shape index (κ2) is 5.13. The number of hydrogen-bond acceptors (Lipinski definition) is 3. The molecule has 0 aromatic rings. The maximum absolute atomic E-state index is 11.8. The highest BCUT2D eigenvalue weighted by Crippen LogP contribution is 2.05. The summed E-state index contributed by atoms with van der Waals surface area (Å²) in [6.45, 7) is 9.39. The highest BCUT2D eigenvalue weighted by Gasteiger charge is 2.24. The van der Waals surface area contributed by atoms with Crippen molar-refractivity contribution < 1.29 is 4.79 Å².